The molecule has 180 valence electrons. The Kier molecular flexibility index (Phi) is 5.94. The van der Waals surface area contributed by atoms with Crippen molar-refractivity contribution in [3.05, 3.63) is 83.1 Å². The van der Waals surface area contributed by atoms with E-state index in [9.17, 15) is 13.6 Å². The van der Waals surface area contributed by atoms with Gasteiger partial charge >= 0.3 is 0 Å². The lowest BCUT2D eigenvalue weighted by atomic mass is 10.0. The van der Waals surface area contributed by atoms with Crippen molar-refractivity contribution in [2.45, 2.75) is 25.4 Å². The molecule has 10 heteroatoms. The van der Waals surface area contributed by atoms with Gasteiger partial charge in [-0.2, -0.15) is 0 Å². The van der Waals surface area contributed by atoms with Gasteiger partial charge in [-0.25, -0.2) is 18.3 Å². The Morgan fingerprint density at radius 3 is 2.74 bits per heavy atom. The van der Waals surface area contributed by atoms with Crippen LogP contribution < -0.4 is 20.7 Å². The van der Waals surface area contributed by atoms with Crippen LogP contribution in [0.5, 0.6) is 5.75 Å². The van der Waals surface area contributed by atoms with E-state index in [4.69, 9.17) is 10.5 Å². The molecule has 4 aromatic rings. The molecule has 0 radical (unpaired) electrons. The Morgan fingerprint density at radius 2 is 2.00 bits per heavy atom. The van der Waals surface area contributed by atoms with E-state index in [1.54, 1.807) is 19.4 Å². The van der Waals surface area contributed by atoms with E-state index < -0.39 is 17.5 Å². The normalized spacial score (nSPS) is 15.5. The number of benzene rings is 2. The number of hydrogen-bond acceptors (Lipinski definition) is 6. The molecule has 0 aliphatic carbocycles. The van der Waals surface area contributed by atoms with Crippen molar-refractivity contribution in [3.63, 3.8) is 0 Å². The topological polar surface area (TPSA) is 97.8 Å². The lowest BCUT2D eigenvalue weighted by Gasteiger charge is -2.26. The molecule has 1 aliphatic rings. The van der Waals surface area contributed by atoms with Gasteiger partial charge in [-0.3, -0.25) is 4.79 Å². The lowest BCUT2D eigenvalue weighted by Crippen LogP contribution is -2.25. The molecule has 3 N–H and O–H groups in total. The number of nitrogens with one attached hydrogen (secondary N) is 1. The number of nitrogens with zero attached hydrogens (tertiary/aromatic N) is 4. The number of fused-ring (bicyclic) bond motifs is 1. The highest BCUT2D eigenvalue weighted by molar-refractivity contribution is 6.03. The number of methoxy groups -OCH3 is 1. The van der Waals surface area contributed by atoms with Crippen molar-refractivity contribution >= 4 is 23.2 Å². The Hall–Kier alpha value is -4.21. The van der Waals surface area contributed by atoms with E-state index >= 15 is 0 Å². The first-order valence-electron chi connectivity index (χ1n) is 11.2. The Morgan fingerprint density at radius 1 is 1.20 bits per heavy atom. The third kappa shape index (κ3) is 4.34. The molecule has 5 rings (SSSR count). The van der Waals surface area contributed by atoms with Crippen molar-refractivity contribution < 1.29 is 18.3 Å². The molecule has 2 aromatic heterocycles. The van der Waals surface area contributed by atoms with E-state index in [2.05, 4.69) is 15.4 Å². The highest BCUT2D eigenvalue weighted by atomic mass is 19.1. The van der Waals surface area contributed by atoms with Gasteiger partial charge in [-0.05, 0) is 54.8 Å². The fourth-order valence-corrected chi connectivity index (χ4v) is 4.49. The highest BCUT2D eigenvalue weighted by Gasteiger charge is 2.30. The molecule has 3 heterocycles. The Balaban J connectivity index is 1.46. The largest absolute Gasteiger partial charge is 0.497 e. The molecular weight excluding hydrogens is 454 g/mol. The summed E-state index contributed by atoms with van der Waals surface area (Å²) in [6.07, 6.45) is 3.13. The first-order chi connectivity index (χ1) is 16.9. The minimum Gasteiger partial charge on any atom is -0.497 e. The van der Waals surface area contributed by atoms with Crippen LogP contribution in [0.4, 0.5) is 20.4 Å². The second kappa shape index (κ2) is 9.21. The van der Waals surface area contributed by atoms with Crippen molar-refractivity contribution in [3.8, 4) is 5.75 Å². The summed E-state index contributed by atoms with van der Waals surface area (Å²) in [5, 5.41) is 7.60. The van der Waals surface area contributed by atoms with Crippen LogP contribution in [0.2, 0.25) is 0 Å². The van der Waals surface area contributed by atoms with Crippen LogP contribution in [-0.4, -0.2) is 34.2 Å². The number of hydrogen-bond donors (Lipinski definition) is 2. The number of halogens is 2. The van der Waals surface area contributed by atoms with Crippen LogP contribution in [0.3, 0.4) is 0 Å². The van der Waals surface area contributed by atoms with Gasteiger partial charge in [0, 0.05) is 24.8 Å². The monoisotopic (exact) mass is 478 g/mol. The van der Waals surface area contributed by atoms with Crippen molar-refractivity contribution in [1.29, 1.82) is 0 Å². The highest BCUT2D eigenvalue weighted by Crippen LogP contribution is 2.37. The third-order valence-electron chi connectivity index (χ3n) is 6.20. The van der Waals surface area contributed by atoms with E-state index in [0.29, 0.717) is 31.1 Å². The van der Waals surface area contributed by atoms with Gasteiger partial charge < -0.3 is 20.7 Å². The number of amides is 1. The van der Waals surface area contributed by atoms with Crippen molar-refractivity contribution in [2.24, 2.45) is 5.73 Å². The van der Waals surface area contributed by atoms with Crippen LogP contribution >= 0.6 is 0 Å². The Bertz CT molecular complexity index is 1390. The van der Waals surface area contributed by atoms with Gasteiger partial charge in [-0.1, -0.05) is 12.1 Å². The summed E-state index contributed by atoms with van der Waals surface area (Å²) in [5.41, 5.74) is 7.40. The molecule has 8 nitrogen and oxygen atoms in total. The average molecular weight is 479 g/mol. The van der Waals surface area contributed by atoms with Crippen molar-refractivity contribution in [1.82, 2.24) is 14.6 Å². The number of ether oxygens (including phenoxy) is 1. The second-order valence-corrected chi connectivity index (χ2v) is 8.36. The molecule has 1 unspecified atom stereocenters. The number of aromatic nitrogens is 3. The van der Waals surface area contributed by atoms with Crippen LogP contribution in [-0.2, 0) is 6.54 Å². The summed E-state index contributed by atoms with van der Waals surface area (Å²) in [6.45, 7) is 1.03. The fraction of sp³-hybridized carbons (Fsp3) is 0.240. The number of carbonyl (C=O) groups excluding carboxylic acids is 1. The van der Waals surface area contributed by atoms with Gasteiger partial charge in [0.15, 0.2) is 11.5 Å². The summed E-state index contributed by atoms with van der Waals surface area (Å²) < 4.78 is 35.0. The molecule has 35 heavy (non-hydrogen) atoms. The van der Waals surface area contributed by atoms with Crippen molar-refractivity contribution in [2.75, 3.05) is 23.9 Å². The van der Waals surface area contributed by atoms with E-state index in [0.717, 1.165) is 29.9 Å². The Labute approximate surface area is 200 Å². The van der Waals surface area contributed by atoms with E-state index in [1.807, 2.05) is 29.2 Å². The zero-order valence-electron chi connectivity index (χ0n) is 19.0. The summed E-state index contributed by atoms with van der Waals surface area (Å²) in [4.78, 5) is 18.9. The van der Waals surface area contributed by atoms with Gasteiger partial charge in [0.2, 0.25) is 0 Å². The molecule has 1 aliphatic heterocycles. The first kappa shape index (κ1) is 22.6. The summed E-state index contributed by atoms with van der Waals surface area (Å²) in [7, 11) is 1.60. The zero-order valence-corrected chi connectivity index (χ0v) is 19.0. The summed E-state index contributed by atoms with van der Waals surface area (Å²) in [5.74, 6) is -0.0297. The maximum atomic E-state index is 14.5. The maximum Gasteiger partial charge on any atom is 0.256 e. The molecule has 2 aromatic carbocycles. The van der Waals surface area contributed by atoms with Gasteiger partial charge in [0.25, 0.3) is 5.91 Å². The molecule has 1 fully saturated rings. The van der Waals surface area contributed by atoms with Crippen LogP contribution in [0.25, 0.3) is 5.65 Å². The zero-order chi connectivity index (χ0) is 24.5. The van der Waals surface area contributed by atoms with Crippen LogP contribution in [0, 0.1) is 11.6 Å². The smallest absolute Gasteiger partial charge is 0.256 e. The minimum absolute atomic E-state index is 0.160. The van der Waals surface area contributed by atoms with Crippen LogP contribution in [0.1, 0.15) is 40.4 Å². The molecule has 1 saturated heterocycles. The SMILES string of the molecule is COc1ccc(CNc2nn3ccc(N4CCCC4c4cc(F)ccc4F)nc3c2C(N)=O)cc1. The standard InChI is InChI=1S/C25H24F2N6O2/c1-35-17-7-4-15(5-8-17)14-29-24-22(23(28)34)25-30-21(10-12-33(25)31-24)32-11-2-3-20(32)18-13-16(26)6-9-19(18)27/h4-10,12-13,20H,2-3,11,14H2,1H3,(H2,28,34)(H,29,31). The first-order valence-corrected chi connectivity index (χ1v) is 11.2. The quantitative estimate of drug-likeness (QED) is 0.416. The molecule has 0 bridgehead atoms. The lowest BCUT2D eigenvalue weighted by molar-refractivity contribution is 0.100. The number of carbonyl (C=O) groups is 1. The predicted molar refractivity (Wildman–Crippen MR) is 128 cm³/mol. The molecular formula is C25H24F2N6O2. The number of anilines is 2. The molecule has 0 spiro atoms. The fourth-order valence-electron chi connectivity index (χ4n) is 4.49. The molecule has 1 amide bonds. The number of nitrogens with two attached hydrogens (primary N) is 1. The third-order valence-corrected chi connectivity index (χ3v) is 6.20. The van der Waals surface area contributed by atoms with Crippen LogP contribution in [0.15, 0.2) is 54.7 Å². The number of rotatable bonds is 7. The van der Waals surface area contributed by atoms with Gasteiger partial charge in [-0.15, -0.1) is 5.10 Å². The van der Waals surface area contributed by atoms with Gasteiger partial charge in [0.1, 0.15) is 28.8 Å². The summed E-state index contributed by atoms with van der Waals surface area (Å²) >= 11 is 0. The van der Waals surface area contributed by atoms with E-state index in [1.165, 1.54) is 10.6 Å². The van der Waals surface area contributed by atoms with Gasteiger partial charge in [0.05, 0.1) is 13.2 Å². The average Bonchev–Trinajstić information content (AvgIpc) is 3.48. The molecule has 0 saturated carbocycles. The molecule has 1 atom stereocenters. The minimum atomic E-state index is -0.670. The maximum absolute atomic E-state index is 14.5. The predicted octanol–water partition coefficient (Wildman–Crippen LogP) is 4.07. The number of primary amides is 1. The van der Waals surface area contributed by atoms with E-state index in [-0.39, 0.29) is 22.8 Å². The summed E-state index contributed by atoms with van der Waals surface area (Å²) in [6, 6.07) is 12.3. The second-order valence-electron chi connectivity index (χ2n) is 8.36.